The van der Waals surface area contributed by atoms with Crippen LogP contribution in [0.3, 0.4) is 0 Å². The van der Waals surface area contributed by atoms with Crippen LogP contribution in [0.4, 0.5) is 5.69 Å². The Labute approximate surface area is 120 Å². The normalized spacial score (nSPS) is 10.4. The number of carbonyl (C=O) groups is 1. The fourth-order valence-corrected chi connectivity index (χ4v) is 2.37. The van der Waals surface area contributed by atoms with Crippen molar-refractivity contribution in [1.29, 1.82) is 0 Å². The second-order valence-corrected chi connectivity index (χ2v) is 5.35. The zero-order valence-electron chi connectivity index (χ0n) is 9.42. The van der Waals surface area contributed by atoms with Gasteiger partial charge in [-0.05, 0) is 18.2 Å². The van der Waals surface area contributed by atoms with Gasteiger partial charge < -0.3 is 5.11 Å². The van der Waals surface area contributed by atoms with Crippen LogP contribution in [0.1, 0.15) is 0 Å². The van der Waals surface area contributed by atoms with E-state index in [0.717, 1.165) is 16.2 Å². The molecule has 0 unspecified atom stereocenters. The number of aromatic nitrogens is 3. The van der Waals surface area contributed by atoms with Crippen molar-refractivity contribution in [3.63, 3.8) is 0 Å². The number of nitrogens with one attached hydrogen (secondary N) is 2. The monoisotopic (exact) mass is 344 g/mol. The summed E-state index contributed by atoms with van der Waals surface area (Å²) in [4.78, 5) is 14.6. The number of nitrogens with zero attached hydrogens (tertiary/aromatic N) is 2. The number of halogens is 1. The molecule has 0 saturated heterocycles. The van der Waals surface area contributed by atoms with Gasteiger partial charge in [-0.1, -0.05) is 27.7 Å². The third-order valence-electron chi connectivity index (χ3n) is 2.09. The lowest BCUT2D eigenvalue weighted by molar-refractivity contribution is -0.133. The fourth-order valence-electron chi connectivity index (χ4n) is 1.36. The molecule has 0 saturated carbocycles. The highest BCUT2D eigenvalue weighted by molar-refractivity contribution is 9.10. The molecular formula is C10H9BrN4O3S. The van der Waals surface area contributed by atoms with Gasteiger partial charge >= 0.3 is 5.97 Å². The summed E-state index contributed by atoms with van der Waals surface area (Å²) in [5.41, 5.74) is 3.26. The van der Waals surface area contributed by atoms with Gasteiger partial charge in [0.05, 0.1) is 11.4 Å². The Morgan fingerprint density at radius 1 is 1.47 bits per heavy atom. The molecule has 100 valence electrons. The lowest BCUT2D eigenvalue weighted by atomic mass is 10.2. The summed E-state index contributed by atoms with van der Waals surface area (Å²) in [6, 6.07) is 5.17. The van der Waals surface area contributed by atoms with Gasteiger partial charge in [-0.3, -0.25) is 20.6 Å². The maximum atomic E-state index is 10.4. The predicted molar refractivity (Wildman–Crippen MR) is 73.3 cm³/mol. The minimum absolute atomic E-state index is 0.0980. The zero-order valence-corrected chi connectivity index (χ0v) is 11.8. The molecule has 2 aromatic rings. The first kappa shape index (κ1) is 13.8. The van der Waals surface area contributed by atoms with Crippen LogP contribution in [0, 0.1) is 0 Å². The first-order valence-electron chi connectivity index (χ1n) is 5.06. The van der Waals surface area contributed by atoms with Crippen LogP contribution in [0.15, 0.2) is 27.8 Å². The van der Waals surface area contributed by atoms with E-state index in [1.165, 1.54) is 0 Å². The number of thioether (sulfide) groups is 1. The lowest BCUT2D eigenvalue weighted by Crippen LogP contribution is -1.97. The quantitative estimate of drug-likeness (QED) is 0.486. The molecule has 0 bridgehead atoms. The van der Waals surface area contributed by atoms with Crippen LogP contribution >= 0.6 is 27.7 Å². The third-order valence-corrected chi connectivity index (χ3v) is 3.38. The second kappa shape index (κ2) is 6.04. The van der Waals surface area contributed by atoms with Crippen LogP contribution < -0.4 is 5.48 Å². The van der Waals surface area contributed by atoms with E-state index in [0.29, 0.717) is 22.2 Å². The first-order valence-corrected chi connectivity index (χ1v) is 6.84. The largest absolute Gasteiger partial charge is 0.481 e. The van der Waals surface area contributed by atoms with E-state index >= 15 is 0 Å². The summed E-state index contributed by atoms with van der Waals surface area (Å²) in [6.45, 7) is 0. The van der Waals surface area contributed by atoms with E-state index in [1.807, 2.05) is 5.48 Å². The van der Waals surface area contributed by atoms with Crippen LogP contribution in [0.5, 0.6) is 0 Å². The summed E-state index contributed by atoms with van der Waals surface area (Å²) in [6.07, 6.45) is 0. The van der Waals surface area contributed by atoms with E-state index in [9.17, 15) is 4.79 Å². The molecule has 0 amide bonds. The molecule has 0 aliphatic carbocycles. The number of carboxylic acid groups (broad SMARTS) is 1. The van der Waals surface area contributed by atoms with Crippen molar-refractivity contribution in [1.82, 2.24) is 15.2 Å². The number of anilines is 1. The number of hydrogen-bond acceptors (Lipinski definition) is 6. The standard InChI is InChI=1S/C10H9BrN4O3S/c11-6-1-5(2-7(3-6)15-18)9-12-10(14-13-9)19-4-8(16)17/h1-3,15,18H,4H2,(H,16,17)(H,12,13,14). The molecule has 0 fully saturated rings. The second-order valence-electron chi connectivity index (χ2n) is 3.49. The molecule has 9 heteroatoms. The maximum absolute atomic E-state index is 10.4. The molecule has 1 aromatic heterocycles. The Balaban J connectivity index is 2.22. The van der Waals surface area contributed by atoms with Gasteiger partial charge in [-0.2, -0.15) is 0 Å². The van der Waals surface area contributed by atoms with Gasteiger partial charge in [-0.25, -0.2) is 4.98 Å². The number of rotatable bonds is 5. The first-order chi connectivity index (χ1) is 9.08. The summed E-state index contributed by atoms with van der Waals surface area (Å²) < 4.78 is 0.762. The van der Waals surface area contributed by atoms with Crippen molar-refractivity contribution in [3.05, 3.63) is 22.7 Å². The Morgan fingerprint density at radius 3 is 2.95 bits per heavy atom. The van der Waals surface area contributed by atoms with Gasteiger partial charge in [0.25, 0.3) is 0 Å². The van der Waals surface area contributed by atoms with E-state index in [4.69, 9.17) is 10.3 Å². The number of carboxylic acids is 1. The Kier molecular flexibility index (Phi) is 4.40. The maximum Gasteiger partial charge on any atom is 0.313 e. The Morgan fingerprint density at radius 2 is 2.26 bits per heavy atom. The van der Waals surface area contributed by atoms with E-state index in [2.05, 4.69) is 31.1 Å². The molecule has 0 aliphatic heterocycles. The number of aliphatic carboxylic acids is 1. The van der Waals surface area contributed by atoms with Gasteiger partial charge in [0, 0.05) is 10.0 Å². The average Bonchev–Trinajstić information content (AvgIpc) is 2.84. The molecule has 2 rings (SSSR count). The number of hydrogen-bond donors (Lipinski definition) is 4. The van der Waals surface area contributed by atoms with Gasteiger partial charge in [0.15, 0.2) is 5.82 Å². The molecule has 0 spiro atoms. The highest BCUT2D eigenvalue weighted by Gasteiger charge is 2.09. The third kappa shape index (κ3) is 3.69. The Bertz CT molecular complexity index is 604. The number of benzene rings is 1. The summed E-state index contributed by atoms with van der Waals surface area (Å²) in [7, 11) is 0. The predicted octanol–water partition coefficient (Wildman–Crippen LogP) is 2.21. The van der Waals surface area contributed by atoms with Crippen LogP contribution in [0.2, 0.25) is 0 Å². The van der Waals surface area contributed by atoms with E-state index in [-0.39, 0.29) is 5.75 Å². The van der Waals surface area contributed by atoms with Gasteiger partial charge in [0.1, 0.15) is 0 Å². The lowest BCUT2D eigenvalue weighted by Gasteiger charge is -2.02. The van der Waals surface area contributed by atoms with Crippen LogP contribution in [0.25, 0.3) is 11.4 Å². The van der Waals surface area contributed by atoms with Crippen molar-refractivity contribution in [3.8, 4) is 11.4 Å². The van der Waals surface area contributed by atoms with Crippen molar-refractivity contribution in [2.24, 2.45) is 0 Å². The molecule has 1 aromatic carbocycles. The SMILES string of the molecule is O=C(O)CSc1n[nH]c(-c2cc(Br)cc(NO)c2)n1. The fraction of sp³-hybridized carbons (Fsp3) is 0.100. The van der Waals surface area contributed by atoms with Crippen molar-refractivity contribution >= 4 is 39.3 Å². The summed E-state index contributed by atoms with van der Waals surface area (Å²) in [5, 5.41) is 24.5. The minimum Gasteiger partial charge on any atom is -0.481 e. The molecule has 1 heterocycles. The van der Waals surface area contributed by atoms with Gasteiger partial charge in [0.2, 0.25) is 5.16 Å². The van der Waals surface area contributed by atoms with Crippen molar-refractivity contribution < 1.29 is 15.1 Å². The molecule has 19 heavy (non-hydrogen) atoms. The highest BCUT2D eigenvalue weighted by atomic mass is 79.9. The van der Waals surface area contributed by atoms with E-state index in [1.54, 1.807) is 18.2 Å². The molecule has 0 aliphatic rings. The topological polar surface area (TPSA) is 111 Å². The molecule has 0 radical (unpaired) electrons. The number of H-pyrrole nitrogens is 1. The van der Waals surface area contributed by atoms with Crippen molar-refractivity contribution in [2.45, 2.75) is 5.16 Å². The molecular weight excluding hydrogens is 336 g/mol. The summed E-state index contributed by atoms with van der Waals surface area (Å²) >= 11 is 4.34. The average molecular weight is 345 g/mol. The van der Waals surface area contributed by atoms with Crippen molar-refractivity contribution in [2.75, 3.05) is 11.2 Å². The minimum atomic E-state index is -0.925. The van der Waals surface area contributed by atoms with Gasteiger partial charge in [-0.15, -0.1) is 5.10 Å². The number of aromatic amines is 1. The highest BCUT2D eigenvalue weighted by Crippen LogP contribution is 2.26. The zero-order chi connectivity index (χ0) is 13.8. The molecule has 4 N–H and O–H groups in total. The van der Waals surface area contributed by atoms with Crippen LogP contribution in [-0.4, -0.2) is 37.2 Å². The Hall–Kier alpha value is -1.58. The van der Waals surface area contributed by atoms with E-state index < -0.39 is 5.97 Å². The smallest absolute Gasteiger partial charge is 0.313 e. The molecule has 7 nitrogen and oxygen atoms in total. The summed E-state index contributed by atoms with van der Waals surface area (Å²) in [5.74, 6) is -0.532. The van der Waals surface area contributed by atoms with Crippen LogP contribution in [-0.2, 0) is 4.79 Å². The molecule has 0 atom stereocenters.